The van der Waals surface area contributed by atoms with Gasteiger partial charge in [0.25, 0.3) is 0 Å². The van der Waals surface area contributed by atoms with E-state index in [1.54, 1.807) is 11.0 Å². The smallest absolute Gasteiger partial charge is 0.137 e. The monoisotopic (exact) mass is 231 g/mol. The van der Waals surface area contributed by atoms with Crippen LogP contribution < -0.4 is 0 Å². The van der Waals surface area contributed by atoms with Gasteiger partial charge >= 0.3 is 0 Å². The molecular formula is C13H17N3O. The molecule has 0 aliphatic heterocycles. The highest BCUT2D eigenvalue weighted by Crippen LogP contribution is 2.31. The summed E-state index contributed by atoms with van der Waals surface area (Å²) < 4.78 is 1.70. The third kappa shape index (κ3) is 2.46. The van der Waals surface area contributed by atoms with Gasteiger partial charge in [-0.15, -0.1) is 0 Å². The van der Waals surface area contributed by atoms with E-state index in [4.69, 9.17) is 0 Å². The standard InChI is InChI=1S/C13H17N3O/c1-3-10(2)12-6-4-5-11(13(12)17)7-16-9-14-8-15-16/h4-6,8-10,17H,3,7H2,1-2H3. The highest BCUT2D eigenvalue weighted by molar-refractivity contribution is 5.42. The van der Waals surface area contributed by atoms with E-state index >= 15 is 0 Å². The van der Waals surface area contributed by atoms with Crippen LogP contribution in [0.5, 0.6) is 5.75 Å². The van der Waals surface area contributed by atoms with Crippen molar-refractivity contribution in [2.45, 2.75) is 32.7 Å². The first-order valence-corrected chi connectivity index (χ1v) is 5.85. The lowest BCUT2D eigenvalue weighted by molar-refractivity contribution is 0.451. The van der Waals surface area contributed by atoms with Crippen molar-refractivity contribution in [3.8, 4) is 5.75 Å². The molecule has 2 rings (SSSR count). The van der Waals surface area contributed by atoms with E-state index in [1.165, 1.54) is 6.33 Å². The topological polar surface area (TPSA) is 50.9 Å². The largest absolute Gasteiger partial charge is 0.507 e. The molecule has 0 aliphatic carbocycles. The molecule has 1 heterocycles. The minimum Gasteiger partial charge on any atom is -0.507 e. The number of benzene rings is 1. The van der Waals surface area contributed by atoms with Crippen LogP contribution in [0.1, 0.15) is 37.3 Å². The number of phenolic OH excluding ortho intramolecular Hbond substituents is 1. The van der Waals surface area contributed by atoms with Crippen LogP contribution in [0, 0.1) is 0 Å². The van der Waals surface area contributed by atoms with Gasteiger partial charge in [-0.3, -0.25) is 0 Å². The summed E-state index contributed by atoms with van der Waals surface area (Å²) in [4.78, 5) is 3.89. The van der Waals surface area contributed by atoms with Crippen molar-refractivity contribution in [1.82, 2.24) is 14.8 Å². The molecule has 0 bridgehead atoms. The Balaban J connectivity index is 2.29. The maximum atomic E-state index is 10.2. The highest BCUT2D eigenvalue weighted by Gasteiger charge is 2.12. The van der Waals surface area contributed by atoms with Gasteiger partial charge in [0.15, 0.2) is 0 Å². The summed E-state index contributed by atoms with van der Waals surface area (Å²) in [6.45, 7) is 4.79. The van der Waals surface area contributed by atoms with Crippen LogP contribution >= 0.6 is 0 Å². The first-order valence-electron chi connectivity index (χ1n) is 5.85. The molecule has 1 N–H and O–H groups in total. The van der Waals surface area contributed by atoms with Crippen LogP contribution in [0.25, 0.3) is 0 Å². The zero-order chi connectivity index (χ0) is 12.3. The van der Waals surface area contributed by atoms with Gasteiger partial charge in [0.1, 0.15) is 18.4 Å². The molecular weight excluding hydrogens is 214 g/mol. The van der Waals surface area contributed by atoms with Gasteiger partial charge in [-0.2, -0.15) is 5.10 Å². The van der Waals surface area contributed by atoms with E-state index in [0.717, 1.165) is 17.5 Å². The molecule has 1 aromatic carbocycles. The molecule has 0 radical (unpaired) electrons. The Bertz CT molecular complexity index is 479. The molecule has 0 amide bonds. The molecule has 17 heavy (non-hydrogen) atoms. The third-order valence-corrected chi connectivity index (χ3v) is 3.09. The number of phenols is 1. The maximum absolute atomic E-state index is 10.2. The number of nitrogens with zero attached hydrogens (tertiary/aromatic N) is 3. The number of aromatic nitrogens is 3. The second-order valence-electron chi connectivity index (χ2n) is 4.26. The summed E-state index contributed by atoms with van der Waals surface area (Å²) in [6, 6.07) is 5.88. The Morgan fingerprint density at radius 3 is 2.88 bits per heavy atom. The van der Waals surface area contributed by atoms with Crippen molar-refractivity contribution in [2.24, 2.45) is 0 Å². The Kier molecular flexibility index (Phi) is 3.42. The van der Waals surface area contributed by atoms with Gasteiger partial charge in [0, 0.05) is 5.56 Å². The number of para-hydroxylation sites is 1. The van der Waals surface area contributed by atoms with Crippen LogP contribution in [0.4, 0.5) is 0 Å². The van der Waals surface area contributed by atoms with Gasteiger partial charge < -0.3 is 5.11 Å². The number of hydrogen-bond acceptors (Lipinski definition) is 3. The van der Waals surface area contributed by atoms with Gasteiger partial charge in [-0.05, 0) is 17.9 Å². The lowest BCUT2D eigenvalue weighted by Crippen LogP contribution is -2.02. The van der Waals surface area contributed by atoms with Gasteiger partial charge in [0.05, 0.1) is 6.54 Å². The summed E-state index contributed by atoms with van der Waals surface area (Å²) in [5, 5.41) is 14.3. The van der Waals surface area contributed by atoms with E-state index in [2.05, 4.69) is 23.9 Å². The fraction of sp³-hybridized carbons (Fsp3) is 0.385. The molecule has 4 nitrogen and oxygen atoms in total. The SMILES string of the molecule is CCC(C)c1cccc(Cn2cncn2)c1O. The fourth-order valence-corrected chi connectivity index (χ4v) is 1.85. The maximum Gasteiger partial charge on any atom is 0.137 e. The Morgan fingerprint density at radius 2 is 2.24 bits per heavy atom. The summed E-state index contributed by atoms with van der Waals surface area (Å²) in [5.41, 5.74) is 1.89. The molecule has 0 saturated carbocycles. The summed E-state index contributed by atoms with van der Waals surface area (Å²) in [5.74, 6) is 0.753. The summed E-state index contributed by atoms with van der Waals surface area (Å²) in [6.07, 6.45) is 4.16. The van der Waals surface area contributed by atoms with Crippen molar-refractivity contribution in [1.29, 1.82) is 0 Å². The highest BCUT2D eigenvalue weighted by atomic mass is 16.3. The van der Waals surface area contributed by atoms with Crippen molar-refractivity contribution >= 4 is 0 Å². The lowest BCUT2D eigenvalue weighted by Gasteiger charge is -2.14. The minimum atomic E-state index is 0.366. The van der Waals surface area contributed by atoms with Crippen LogP contribution in [-0.2, 0) is 6.54 Å². The van der Waals surface area contributed by atoms with E-state index in [9.17, 15) is 5.11 Å². The normalized spacial score (nSPS) is 12.6. The zero-order valence-corrected chi connectivity index (χ0v) is 10.2. The molecule has 1 unspecified atom stereocenters. The molecule has 90 valence electrons. The molecule has 0 aliphatic rings. The van der Waals surface area contributed by atoms with E-state index in [1.807, 2.05) is 18.2 Å². The van der Waals surface area contributed by atoms with Crippen molar-refractivity contribution < 1.29 is 5.11 Å². The molecule has 0 spiro atoms. The number of hydrogen-bond donors (Lipinski definition) is 1. The summed E-state index contributed by atoms with van der Waals surface area (Å²) in [7, 11) is 0. The number of aromatic hydroxyl groups is 1. The predicted molar refractivity (Wildman–Crippen MR) is 65.9 cm³/mol. The first kappa shape index (κ1) is 11.6. The average molecular weight is 231 g/mol. The number of rotatable bonds is 4. The average Bonchev–Trinajstić information content (AvgIpc) is 2.84. The molecule has 0 saturated heterocycles. The zero-order valence-electron chi connectivity index (χ0n) is 10.2. The van der Waals surface area contributed by atoms with Crippen LogP contribution in [0.2, 0.25) is 0 Å². The van der Waals surface area contributed by atoms with E-state index in [0.29, 0.717) is 18.2 Å². The molecule has 2 aromatic rings. The lowest BCUT2D eigenvalue weighted by atomic mass is 9.95. The van der Waals surface area contributed by atoms with Gasteiger partial charge in [-0.25, -0.2) is 9.67 Å². The van der Waals surface area contributed by atoms with E-state index < -0.39 is 0 Å². The van der Waals surface area contributed by atoms with Gasteiger partial charge in [0.2, 0.25) is 0 Å². The van der Waals surface area contributed by atoms with E-state index in [-0.39, 0.29) is 0 Å². The van der Waals surface area contributed by atoms with Crippen molar-refractivity contribution in [3.63, 3.8) is 0 Å². The Hall–Kier alpha value is -1.84. The Labute approximate surface area is 101 Å². The van der Waals surface area contributed by atoms with Crippen LogP contribution in [-0.4, -0.2) is 19.9 Å². The molecule has 4 heteroatoms. The van der Waals surface area contributed by atoms with Gasteiger partial charge in [-0.1, -0.05) is 32.0 Å². The molecule has 1 atom stereocenters. The first-order chi connectivity index (χ1) is 8.22. The summed E-state index contributed by atoms with van der Waals surface area (Å²) >= 11 is 0. The van der Waals surface area contributed by atoms with Crippen molar-refractivity contribution in [2.75, 3.05) is 0 Å². The molecule has 1 aromatic heterocycles. The predicted octanol–water partition coefficient (Wildman–Crippen LogP) is 2.55. The quantitative estimate of drug-likeness (QED) is 0.879. The molecule has 0 fully saturated rings. The minimum absolute atomic E-state index is 0.366. The van der Waals surface area contributed by atoms with Crippen LogP contribution in [0.15, 0.2) is 30.9 Å². The third-order valence-electron chi connectivity index (χ3n) is 3.09. The van der Waals surface area contributed by atoms with Crippen LogP contribution in [0.3, 0.4) is 0 Å². The Morgan fingerprint density at radius 1 is 1.41 bits per heavy atom. The second-order valence-corrected chi connectivity index (χ2v) is 4.26. The second kappa shape index (κ2) is 4.99. The fourth-order valence-electron chi connectivity index (χ4n) is 1.85. The van der Waals surface area contributed by atoms with Crippen molar-refractivity contribution in [3.05, 3.63) is 42.0 Å².